The molecule has 18 heavy (non-hydrogen) atoms. The molecule has 0 spiro atoms. The Hall–Kier alpha value is -0.460. The van der Waals surface area contributed by atoms with E-state index in [4.69, 9.17) is 0 Å². The fraction of sp³-hybridized carbons (Fsp3) is 0.500. The zero-order valence-corrected chi connectivity index (χ0v) is 12.2. The number of sulfonamides is 1. The van der Waals surface area contributed by atoms with E-state index in [-0.39, 0.29) is 10.9 Å². The van der Waals surface area contributed by atoms with Crippen molar-refractivity contribution in [3.8, 4) is 0 Å². The molecule has 1 aromatic rings. The van der Waals surface area contributed by atoms with Crippen LogP contribution in [0.25, 0.3) is 0 Å². The molecule has 100 valence electrons. The number of alkyl halides is 1. The third-order valence-corrected chi connectivity index (χ3v) is 5.55. The predicted octanol–water partition coefficient (Wildman–Crippen LogP) is 2.81. The molecule has 0 radical (unpaired) electrons. The molecule has 1 N–H and O–H groups in total. The van der Waals surface area contributed by atoms with Gasteiger partial charge in [-0.1, -0.05) is 15.9 Å². The second-order valence-electron chi connectivity index (χ2n) is 4.52. The van der Waals surface area contributed by atoms with Gasteiger partial charge in [-0.2, -0.15) is 0 Å². The minimum atomic E-state index is -3.53. The van der Waals surface area contributed by atoms with Crippen molar-refractivity contribution < 1.29 is 12.8 Å². The molecule has 0 atom stereocenters. The molecular formula is C12H15BrFNO2S. The first-order valence-corrected chi connectivity index (χ1v) is 8.29. The van der Waals surface area contributed by atoms with Gasteiger partial charge in [0.1, 0.15) is 5.82 Å². The van der Waals surface area contributed by atoms with E-state index in [2.05, 4.69) is 20.7 Å². The average molecular weight is 336 g/mol. The minimum absolute atomic E-state index is 0.0196. The standard InChI is InChI=1S/C12H15BrFNO2S/c13-9-1-5-11(6-2-9)15-18(16,17)12-7-3-10(14)4-8-12/h3-4,7-9,11,15H,1-2,5-6H2. The lowest BCUT2D eigenvalue weighted by atomic mass is 9.96. The maximum absolute atomic E-state index is 12.8. The molecule has 1 aromatic carbocycles. The monoisotopic (exact) mass is 335 g/mol. The van der Waals surface area contributed by atoms with Crippen molar-refractivity contribution >= 4 is 26.0 Å². The number of halogens is 2. The molecule has 0 bridgehead atoms. The second kappa shape index (κ2) is 5.67. The van der Waals surface area contributed by atoms with Gasteiger partial charge < -0.3 is 0 Å². The second-order valence-corrected chi connectivity index (χ2v) is 7.53. The Balaban J connectivity index is 2.05. The predicted molar refractivity (Wildman–Crippen MR) is 71.7 cm³/mol. The first kappa shape index (κ1) is 14.0. The Morgan fingerprint density at radius 2 is 1.67 bits per heavy atom. The van der Waals surface area contributed by atoms with Gasteiger partial charge in [0.25, 0.3) is 0 Å². The van der Waals surface area contributed by atoms with Gasteiger partial charge in [-0.25, -0.2) is 17.5 Å². The smallest absolute Gasteiger partial charge is 0.208 e. The fourth-order valence-corrected chi connectivity index (χ4v) is 3.91. The summed E-state index contributed by atoms with van der Waals surface area (Å²) in [6.45, 7) is 0. The van der Waals surface area contributed by atoms with Crippen molar-refractivity contribution in [3.05, 3.63) is 30.1 Å². The van der Waals surface area contributed by atoms with Gasteiger partial charge in [-0.3, -0.25) is 0 Å². The Morgan fingerprint density at radius 1 is 1.11 bits per heavy atom. The van der Waals surface area contributed by atoms with Crippen LogP contribution in [0.15, 0.2) is 29.2 Å². The van der Waals surface area contributed by atoms with Crippen LogP contribution in [0.5, 0.6) is 0 Å². The molecule has 0 saturated heterocycles. The molecule has 0 aliphatic heterocycles. The minimum Gasteiger partial charge on any atom is -0.208 e. The highest BCUT2D eigenvalue weighted by molar-refractivity contribution is 9.09. The van der Waals surface area contributed by atoms with E-state index in [1.54, 1.807) is 0 Å². The summed E-state index contributed by atoms with van der Waals surface area (Å²) in [5, 5.41) is 0. The molecule has 0 aromatic heterocycles. The Labute approximate surface area is 115 Å². The van der Waals surface area contributed by atoms with Crippen LogP contribution in [0.4, 0.5) is 4.39 Å². The molecule has 1 saturated carbocycles. The molecule has 2 rings (SSSR count). The lowest BCUT2D eigenvalue weighted by molar-refractivity contribution is 0.422. The van der Waals surface area contributed by atoms with E-state index in [1.165, 1.54) is 12.1 Å². The first-order chi connectivity index (χ1) is 8.47. The van der Waals surface area contributed by atoms with Crippen molar-refractivity contribution in [3.63, 3.8) is 0 Å². The summed E-state index contributed by atoms with van der Waals surface area (Å²) in [6, 6.07) is 4.86. The molecule has 3 nitrogen and oxygen atoms in total. The summed E-state index contributed by atoms with van der Waals surface area (Å²) in [7, 11) is -3.53. The summed E-state index contributed by atoms with van der Waals surface area (Å²) < 4.78 is 39.5. The van der Waals surface area contributed by atoms with Gasteiger partial charge in [0.05, 0.1) is 4.90 Å². The third-order valence-electron chi connectivity index (χ3n) is 3.10. The fourth-order valence-electron chi connectivity index (χ4n) is 2.07. The van der Waals surface area contributed by atoms with Crippen LogP contribution in [-0.2, 0) is 10.0 Å². The van der Waals surface area contributed by atoms with Crippen molar-refractivity contribution in [1.29, 1.82) is 0 Å². The number of hydrogen-bond donors (Lipinski definition) is 1. The van der Waals surface area contributed by atoms with Gasteiger partial charge in [-0.05, 0) is 49.9 Å². The number of benzene rings is 1. The first-order valence-electron chi connectivity index (χ1n) is 5.89. The Morgan fingerprint density at radius 3 is 2.22 bits per heavy atom. The average Bonchev–Trinajstić information content (AvgIpc) is 2.32. The number of rotatable bonds is 3. The topological polar surface area (TPSA) is 46.2 Å². The molecule has 1 aliphatic carbocycles. The van der Waals surface area contributed by atoms with Crippen LogP contribution in [0.1, 0.15) is 25.7 Å². The number of nitrogens with one attached hydrogen (secondary N) is 1. The molecule has 0 heterocycles. The molecule has 0 unspecified atom stereocenters. The van der Waals surface area contributed by atoms with Crippen molar-refractivity contribution in [2.75, 3.05) is 0 Å². The molecule has 6 heteroatoms. The summed E-state index contributed by atoms with van der Waals surface area (Å²) in [5.74, 6) is -0.436. The summed E-state index contributed by atoms with van der Waals surface area (Å²) in [4.78, 5) is 0.606. The maximum Gasteiger partial charge on any atom is 0.240 e. The zero-order chi connectivity index (χ0) is 13.2. The number of hydrogen-bond acceptors (Lipinski definition) is 2. The largest absolute Gasteiger partial charge is 0.240 e. The third kappa shape index (κ3) is 3.52. The van der Waals surface area contributed by atoms with Crippen molar-refractivity contribution in [2.45, 2.75) is 41.4 Å². The summed E-state index contributed by atoms with van der Waals surface area (Å²) in [5.41, 5.74) is 0. The Bertz CT molecular complexity index is 495. The van der Waals surface area contributed by atoms with Crippen molar-refractivity contribution in [1.82, 2.24) is 4.72 Å². The lowest BCUT2D eigenvalue weighted by Crippen LogP contribution is -2.37. The van der Waals surface area contributed by atoms with Crippen LogP contribution in [0, 0.1) is 5.82 Å². The normalized spacial score (nSPS) is 25.0. The summed E-state index contributed by atoms with van der Waals surface area (Å²) in [6.07, 6.45) is 3.60. The quantitative estimate of drug-likeness (QED) is 0.863. The van der Waals surface area contributed by atoms with Gasteiger partial charge in [0.2, 0.25) is 10.0 Å². The van der Waals surface area contributed by atoms with E-state index in [1.807, 2.05) is 0 Å². The van der Waals surface area contributed by atoms with Crippen LogP contribution in [0.3, 0.4) is 0 Å². The van der Waals surface area contributed by atoms with E-state index in [9.17, 15) is 12.8 Å². The summed E-state index contributed by atoms with van der Waals surface area (Å²) >= 11 is 3.53. The lowest BCUT2D eigenvalue weighted by Gasteiger charge is -2.25. The Kier molecular flexibility index (Phi) is 4.40. The zero-order valence-electron chi connectivity index (χ0n) is 9.77. The molecule has 0 amide bonds. The van der Waals surface area contributed by atoms with E-state index < -0.39 is 15.8 Å². The maximum atomic E-state index is 12.8. The SMILES string of the molecule is O=S(=O)(NC1CCC(Br)CC1)c1ccc(F)cc1. The highest BCUT2D eigenvalue weighted by atomic mass is 79.9. The highest BCUT2D eigenvalue weighted by Crippen LogP contribution is 2.25. The van der Waals surface area contributed by atoms with Crippen molar-refractivity contribution in [2.24, 2.45) is 0 Å². The van der Waals surface area contributed by atoms with E-state index in [0.717, 1.165) is 37.8 Å². The molecule has 1 fully saturated rings. The van der Waals surface area contributed by atoms with Gasteiger partial charge in [0.15, 0.2) is 0 Å². The highest BCUT2D eigenvalue weighted by Gasteiger charge is 2.24. The van der Waals surface area contributed by atoms with Crippen LogP contribution in [0.2, 0.25) is 0 Å². The molecule has 1 aliphatic rings. The van der Waals surface area contributed by atoms with Crippen LogP contribution >= 0.6 is 15.9 Å². The van der Waals surface area contributed by atoms with Gasteiger partial charge in [0, 0.05) is 10.9 Å². The van der Waals surface area contributed by atoms with Crippen LogP contribution in [-0.4, -0.2) is 19.3 Å². The van der Waals surface area contributed by atoms with Gasteiger partial charge in [-0.15, -0.1) is 0 Å². The van der Waals surface area contributed by atoms with E-state index >= 15 is 0 Å². The molecular weight excluding hydrogens is 321 g/mol. The van der Waals surface area contributed by atoms with Gasteiger partial charge >= 0.3 is 0 Å². The van der Waals surface area contributed by atoms with E-state index in [0.29, 0.717) is 4.83 Å². The van der Waals surface area contributed by atoms with Crippen LogP contribution < -0.4 is 4.72 Å².